The van der Waals surface area contributed by atoms with E-state index in [4.69, 9.17) is 11.6 Å². The Labute approximate surface area is 124 Å². The van der Waals surface area contributed by atoms with E-state index in [2.05, 4.69) is 19.9 Å². The van der Waals surface area contributed by atoms with Crippen LogP contribution in [0.1, 0.15) is 0 Å². The smallest absolute Gasteiger partial charge is 0.260 e. The summed E-state index contributed by atoms with van der Waals surface area (Å²) in [6, 6.07) is 11.1. The average Bonchev–Trinajstić information content (AvgIpc) is 2.91. The molecule has 1 aliphatic carbocycles. The summed E-state index contributed by atoms with van der Waals surface area (Å²) in [5.74, 6) is 0.488. The fraction of sp³-hybridized carbons (Fsp3) is 0. The zero-order valence-electron chi connectivity index (χ0n) is 10.7. The van der Waals surface area contributed by atoms with Crippen molar-refractivity contribution in [3.8, 4) is 22.6 Å². The lowest BCUT2D eigenvalue weighted by Crippen LogP contribution is -2.01. The first-order chi connectivity index (χ1) is 10.2. The van der Waals surface area contributed by atoms with E-state index in [9.17, 15) is 4.79 Å². The number of nitrogens with one attached hydrogen (secondary N) is 2. The van der Waals surface area contributed by atoms with Crippen molar-refractivity contribution >= 4 is 22.8 Å². The third-order valence-electron chi connectivity index (χ3n) is 3.32. The van der Waals surface area contributed by atoms with E-state index in [1.165, 1.54) is 0 Å². The van der Waals surface area contributed by atoms with E-state index in [1.807, 2.05) is 30.3 Å². The van der Waals surface area contributed by atoms with Crippen LogP contribution >= 0.6 is 11.6 Å². The summed E-state index contributed by atoms with van der Waals surface area (Å²) < 4.78 is 0. The highest BCUT2D eigenvalue weighted by Crippen LogP contribution is 2.29. The maximum Gasteiger partial charge on any atom is 0.260 e. The lowest BCUT2D eigenvalue weighted by Gasteiger charge is -1.94. The van der Waals surface area contributed by atoms with Gasteiger partial charge in [-0.3, -0.25) is 4.79 Å². The summed E-state index contributed by atoms with van der Waals surface area (Å²) in [6.07, 6.45) is 1.54. The highest BCUT2D eigenvalue weighted by atomic mass is 35.5. The summed E-state index contributed by atoms with van der Waals surface area (Å²) in [5.41, 5.74) is 3.15. The second-order valence-corrected chi connectivity index (χ2v) is 5.11. The number of H-pyrrole nitrogens is 2. The minimum Gasteiger partial charge on any atom is -0.322 e. The zero-order chi connectivity index (χ0) is 14.4. The number of nitrogens with zero attached hydrogens (tertiary/aromatic N) is 2. The number of aromatic amines is 2. The standard InChI is InChI=1S/C15H9ClN4O/c16-8-6-11-13(17-7-8)20-14(18-11)12-9-4-2-1-3-5-10(9)19-15(12)21/h1-7H,(H,19,21)(H,17,18,20). The normalized spacial score (nSPS) is 11.3. The van der Waals surface area contributed by atoms with Crippen molar-refractivity contribution in [2.75, 3.05) is 0 Å². The number of pyridine rings is 1. The highest BCUT2D eigenvalue weighted by Gasteiger charge is 2.18. The lowest BCUT2D eigenvalue weighted by atomic mass is 10.1. The monoisotopic (exact) mass is 296 g/mol. The molecule has 0 saturated carbocycles. The average molecular weight is 297 g/mol. The van der Waals surface area contributed by atoms with Crippen LogP contribution in [0.2, 0.25) is 5.02 Å². The first kappa shape index (κ1) is 12.1. The predicted molar refractivity (Wildman–Crippen MR) is 81.6 cm³/mol. The van der Waals surface area contributed by atoms with Crippen molar-refractivity contribution in [1.29, 1.82) is 0 Å². The van der Waals surface area contributed by atoms with E-state index in [0.717, 1.165) is 11.3 Å². The third kappa shape index (κ3) is 1.90. The molecule has 0 bridgehead atoms. The van der Waals surface area contributed by atoms with Gasteiger partial charge < -0.3 is 9.97 Å². The van der Waals surface area contributed by atoms with Gasteiger partial charge in [-0.1, -0.05) is 35.9 Å². The van der Waals surface area contributed by atoms with Gasteiger partial charge in [-0.15, -0.1) is 0 Å². The Bertz CT molecular complexity index is 988. The third-order valence-corrected chi connectivity index (χ3v) is 3.53. The molecule has 2 aromatic rings. The molecule has 0 fully saturated rings. The van der Waals surface area contributed by atoms with E-state index in [-0.39, 0.29) is 5.56 Å². The molecule has 0 atom stereocenters. The molecule has 1 aliphatic heterocycles. The molecule has 2 aliphatic rings. The van der Waals surface area contributed by atoms with E-state index < -0.39 is 0 Å². The van der Waals surface area contributed by atoms with Crippen LogP contribution < -0.4 is 5.56 Å². The van der Waals surface area contributed by atoms with Crippen LogP contribution in [0.15, 0.2) is 47.4 Å². The minimum atomic E-state index is -0.179. The molecule has 0 saturated heterocycles. The first-order valence-corrected chi connectivity index (χ1v) is 6.73. The van der Waals surface area contributed by atoms with Crippen LogP contribution in [0.25, 0.3) is 33.8 Å². The fourth-order valence-electron chi connectivity index (χ4n) is 2.41. The van der Waals surface area contributed by atoms with Gasteiger partial charge in [-0.25, -0.2) is 9.97 Å². The second kappa shape index (κ2) is 4.43. The maximum absolute atomic E-state index is 12.2. The van der Waals surface area contributed by atoms with Crippen LogP contribution in [-0.4, -0.2) is 19.9 Å². The van der Waals surface area contributed by atoms with Crippen LogP contribution in [0.5, 0.6) is 0 Å². The van der Waals surface area contributed by atoms with Gasteiger partial charge in [0.25, 0.3) is 5.56 Å². The van der Waals surface area contributed by atoms with Crippen molar-refractivity contribution in [1.82, 2.24) is 19.9 Å². The zero-order valence-corrected chi connectivity index (χ0v) is 11.5. The molecule has 0 radical (unpaired) electrons. The molecule has 0 unspecified atom stereocenters. The quantitative estimate of drug-likeness (QED) is 0.567. The van der Waals surface area contributed by atoms with Crippen LogP contribution in [0.4, 0.5) is 0 Å². The van der Waals surface area contributed by atoms with Crippen molar-refractivity contribution in [3.63, 3.8) is 0 Å². The molecular weight excluding hydrogens is 288 g/mol. The molecule has 0 spiro atoms. The van der Waals surface area contributed by atoms with Gasteiger partial charge in [0, 0.05) is 17.5 Å². The van der Waals surface area contributed by atoms with E-state index in [1.54, 1.807) is 12.3 Å². The molecule has 0 amide bonds. The summed E-state index contributed by atoms with van der Waals surface area (Å²) >= 11 is 5.91. The van der Waals surface area contributed by atoms with Gasteiger partial charge in [0.2, 0.25) is 0 Å². The van der Waals surface area contributed by atoms with Crippen molar-refractivity contribution in [3.05, 3.63) is 58.0 Å². The van der Waals surface area contributed by atoms with Crippen LogP contribution in [0, 0.1) is 0 Å². The maximum atomic E-state index is 12.2. The number of rotatable bonds is 1. The number of imidazole rings is 1. The van der Waals surface area contributed by atoms with Gasteiger partial charge in [0.1, 0.15) is 11.3 Å². The molecule has 3 heterocycles. The summed E-state index contributed by atoms with van der Waals surface area (Å²) in [4.78, 5) is 26.7. The highest BCUT2D eigenvalue weighted by molar-refractivity contribution is 6.31. The molecule has 5 nitrogen and oxygen atoms in total. The van der Waals surface area contributed by atoms with Gasteiger partial charge in [0.15, 0.2) is 5.65 Å². The molecular formula is C15H9ClN4O. The molecule has 2 N–H and O–H groups in total. The van der Waals surface area contributed by atoms with Gasteiger partial charge in [-0.05, 0) is 12.1 Å². The lowest BCUT2D eigenvalue weighted by molar-refractivity contribution is 1.27. The molecule has 21 heavy (non-hydrogen) atoms. The van der Waals surface area contributed by atoms with Crippen molar-refractivity contribution in [2.24, 2.45) is 0 Å². The number of hydrogen-bond acceptors (Lipinski definition) is 3. The van der Waals surface area contributed by atoms with Crippen LogP contribution in [-0.2, 0) is 0 Å². The van der Waals surface area contributed by atoms with E-state index in [0.29, 0.717) is 27.6 Å². The minimum absolute atomic E-state index is 0.179. The largest absolute Gasteiger partial charge is 0.322 e. The van der Waals surface area contributed by atoms with Crippen molar-refractivity contribution < 1.29 is 0 Å². The van der Waals surface area contributed by atoms with Crippen molar-refractivity contribution in [2.45, 2.75) is 0 Å². The van der Waals surface area contributed by atoms with Gasteiger partial charge >= 0.3 is 0 Å². The Kier molecular flexibility index (Phi) is 2.55. The number of halogens is 1. The Balaban J connectivity index is 2.02. The van der Waals surface area contributed by atoms with Crippen LogP contribution in [0.3, 0.4) is 0 Å². The fourth-order valence-corrected chi connectivity index (χ4v) is 2.56. The van der Waals surface area contributed by atoms with Gasteiger partial charge in [0.05, 0.1) is 10.6 Å². The number of aromatic nitrogens is 4. The molecule has 2 aromatic heterocycles. The Hall–Kier alpha value is -2.66. The number of hydrogen-bond donors (Lipinski definition) is 2. The molecule has 6 heteroatoms. The topological polar surface area (TPSA) is 74.4 Å². The summed E-state index contributed by atoms with van der Waals surface area (Å²) in [6.45, 7) is 0. The summed E-state index contributed by atoms with van der Waals surface area (Å²) in [7, 11) is 0. The molecule has 102 valence electrons. The molecule has 4 rings (SSSR count). The Morgan fingerprint density at radius 2 is 1.95 bits per heavy atom. The second-order valence-electron chi connectivity index (χ2n) is 4.67. The predicted octanol–water partition coefficient (Wildman–Crippen LogP) is 3.07. The SMILES string of the molecule is O=c1[nH]c2cccccc-2c1-c1nc2cc(Cl)cnc2[nH]1. The van der Waals surface area contributed by atoms with E-state index >= 15 is 0 Å². The Morgan fingerprint density at radius 1 is 1.10 bits per heavy atom. The number of fused-ring (bicyclic) bond motifs is 2. The summed E-state index contributed by atoms with van der Waals surface area (Å²) in [5, 5.41) is 0.508. The first-order valence-electron chi connectivity index (χ1n) is 6.35. The Morgan fingerprint density at radius 3 is 2.86 bits per heavy atom. The van der Waals surface area contributed by atoms with Gasteiger partial charge in [-0.2, -0.15) is 0 Å². The molecule has 0 aromatic carbocycles.